The summed E-state index contributed by atoms with van der Waals surface area (Å²) in [5.74, 6) is 0.693. The summed E-state index contributed by atoms with van der Waals surface area (Å²) in [6.07, 6.45) is 3.25. The van der Waals surface area contributed by atoms with E-state index in [4.69, 9.17) is 16.3 Å². The Hall–Kier alpha value is -2.92. The summed E-state index contributed by atoms with van der Waals surface area (Å²) in [4.78, 5) is 20.5. The number of ether oxygens (including phenoxy) is 1. The van der Waals surface area contributed by atoms with Crippen LogP contribution in [0.25, 0.3) is 0 Å². The summed E-state index contributed by atoms with van der Waals surface area (Å²) in [5.41, 5.74) is 1.30. The maximum Gasteiger partial charge on any atom is 0.260 e. The molecule has 2 aromatic heterocycles. The molecule has 0 aliphatic heterocycles. The summed E-state index contributed by atoms with van der Waals surface area (Å²) >= 11 is 5.76. The van der Waals surface area contributed by atoms with Crippen molar-refractivity contribution in [2.75, 3.05) is 5.32 Å². The molecular weight excluding hydrogens is 326 g/mol. The van der Waals surface area contributed by atoms with Gasteiger partial charge in [-0.05, 0) is 30.3 Å². The molecule has 0 bridgehead atoms. The summed E-state index contributed by atoms with van der Waals surface area (Å²) < 4.78 is 5.76. The monoisotopic (exact) mass is 339 g/mol. The molecule has 0 aliphatic carbocycles. The number of nitrogens with zero attached hydrogens (tertiary/aromatic N) is 2. The van der Waals surface area contributed by atoms with E-state index in [-0.39, 0.29) is 12.5 Å². The predicted octanol–water partition coefficient (Wildman–Crippen LogP) is 3.96. The summed E-state index contributed by atoms with van der Waals surface area (Å²) in [6, 6.07) is 15.9. The number of amides is 1. The second kappa shape index (κ2) is 7.57. The zero-order chi connectivity index (χ0) is 16.8. The first-order chi connectivity index (χ1) is 11.7. The fourth-order valence-electron chi connectivity index (χ4n) is 2.05. The molecule has 0 saturated heterocycles. The molecule has 0 aliphatic rings. The summed E-state index contributed by atoms with van der Waals surface area (Å²) in [6.45, 7) is 0.290. The van der Waals surface area contributed by atoms with Crippen LogP contribution in [0.15, 0.2) is 67.0 Å². The average molecular weight is 340 g/mol. The SMILES string of the molecule is O=C(Nc1ccccn1)c1ccccc1OCc1ccc(Cl)nc1. The van der Waals surface area contributed by atoms with Crippen molar-refractivity contribution in [2.24, 2.45) is 0 Å². The molecule has 1 N–H and O–H groups in total. The Balaban J connectivity index is 1.72. The number of halogens is 1. The van der Waals surface area contributed by atoms with Gasteiger partial charge in [-0.1, -0.05) is 35.9 Å². The third-order valence-corrected chi connectivity index (χ3v) is 3.44. The van der Waals surface area contributed by atoms with E-state index in [0.29, 0.717) is 22.3 Å². The lowest BCUT2D eigenvalue weighted by atomic mass is 10.2. The normalized spacial score (nSPS) is 10.2. The smallest absolute Gasteiger partial charge is 0.260 e. The van der Waals surface area contributed by atoms with Gasteiger partial charge in [0.2, 0.25) is 0 Å². The largest absolute Gasteiger partial charge is 0.488 e. The number of para-hydroxylation sites is 1. The molecule has 120 valence electrons. The van der Waals surface area contributed by atoms with Crippen LogP contribution in [0.2, 0.25) is 5.15 Å². The molecule has 1 amide bonds. The first-order valence-electron chi connectivity index (χ1n) is 7.27. The number of rotatable bonds is 5. The maximum atomic E-state index is 12.4. The number of carbonyl (C=O) groups is 1. The van der Waals surface area contributed by atoms with Gasteiger partial charge in [-0.15, -0.1) is 0 Å². The molecule has 0 atom stereocenters. The number of benzene rings is 1. The van der Waals surface area contributed by atoms with Gasteiger partial charge in [0.1, 0.15) is 23.3 Å². The van der Waals surface area contributed by atoms with Gasteiger partial charge in [0.25, 0.3) is 5.91 Å². The van der Waals surface area contributed by atoms with Crippen LogP contribution in [-0.4, -0.2) is 15.9 Å². The third kappa shape index (κ3) is 4.08. The van der Waals surface area contributed by atoms with Gasteiger partial charge in [-0.25, -0.2) is 9.97 Å². The highest BCUT2D eigenvalue weighted by atomic mass is 35.5. The van der Waals surface area contributed by atoms with Crippen LogP contribution < -0.4 is 10.1 Å². The van der Waals surface area contributed by atoms with E-state index >= 15 is 0 Å². The number of pyridine rings is 2. The van der Waals surface area contributed by atoms with Crippen LogP contribution in [-0.2, 0) is 6.61 Å². The lowest BCUT2D eigenvalue weighted by Gasteiger charge is -2.11. The van der Waals surface area contributed by atoms with E-state index in [1.54, 1.807) is 54.9 Å². The number of aromatic nitrogens is 2. The van der Waals surface area contributed by atoms with Crippen molar-refractivity contribution in [3.8, 4) is 5.75 Å². The molecule has 0 spiro atoms. The second-order valence-corrected chi connectivity index (χ2v) is 5.33. The molecular formula is C18H14ClN3O2. The van der Waals surface area contributed by atoms with E-state index < -0.39 is 0 Å². The highest BCUT2D eigenvalue weighted by Crippen LogP contribution is 2.20. The summed E-state index contributed by atoms with van der Waals surface area (Å²) in [7, 11) is 0. The lowest BCUT2D eigenvalue weighted by molar-refractivity contribution is 0.102. The Bertz CT molecular complexity index is 823. The van der Waals surface area contributed by atoms with Gasteiger partial charge >= 0.3 is 0 Å². The van der Waals surface area contributed by atoms with E-state index in [9.17, 15) is 4.79 Å². The lowest BCUT2D eigenvalue weighted by Crippen LogP contribution is -2.14. The van der Waals surface area contributed by atoms with Crippen molar-refractivity contribution < 1.29 is 9.53 Å². The summed E-state index contributed by atoms with van der Waals surface area (Å²) in [5, 5.41) is 3.17. The molecule has 0 saturated carbocycles. The maximum absolute atomic E-state index is 12.4. The van der Waals surface area contributed by atoms with Crippen molar-refractivity contribution in [1.82, 2.24) is 9.97 Å². The Labute approximate surface area is 144 Å². The van der Waals surface area contributed by atoms with Gasteiger partial charge < -0.3 is 10.1 Å². The van der Waals surface area contributed by atoms with Crippen LogP contribution in [0.5, 0.6) is 5.75 Å². The van der Waals surface area contributed by atoms with Crippen LogP contribution >= 0.6 is 11.6 Å². The van der Waals surface area contributed by atoms with Gasteiger partial charge in [0, 0.05) is 18.0 Å². The van der Waals surface area contributed by atoms with E-state index in [2.05, 4.69) is 15.3 Å². The minimum atomic E-state index is -0.279. The molecule has 3 rings (SSSR count). The first-order valence-corrected chi connectivity index (χ1v) is 7.65. The molecule has 5 nitrogen and oxygen atoms in total. The zero-order valence-corrected chi connectivity index (χ0v) is 13.4. The van der Waals surface area contributed by atoms with E-state index in [0.717, 1.165) is 5.56 Å². The Morgan fingerprint density at radius 3 is 2.62 bits per heavy atom. The van der Waals surface area contributed by atoms with Crippen molar-refractivity contribution in [1.29, 1.82) is 0 Å². The Kier molecular flexibility index (Phi) is 5.03. The van der Waals surface area contributed by atoms with E-state index in [1.807, 2.05) is 12.1 Å². The predicted molar refractivity (Wildman–Crippen MR) is 92.2 cm³/mol. The topological polar surface area (TPSA) is 64.1 Å². The second-order valence-electron chi connectivity index (χ2n) is 4.94. The fraction of sp³-hybridized carbons (Fsp3) is 0.0556. The number of carbonyl (C=O) groups excluding carboxylic acids is 1. The molecule has 1 aromatic carbocycles. The average Bonchev–Trinajstić information content (AvgIpc) is 2.62. The third-order valence-electron chi connectivity index (χ3n) is 3.22. The van der Waals surface area contributed by atoms with Crippen LogP contribution in [0, 0.1) is 0 Å². The highest BCUT2D eigenvalue weighted by molar-refractivity contribution is 6.29. The van der Waals surface area contributed by atoms with Crippen LogP contribution in [0.3, 0.4) is 0 Å². The molecule has 0 fully saturated rings. The zero-order valence-electron chi connectivity index (χ0n) is 12.6. The number of nitrogens with one attached hydrogen (secondary N) is 1. The first kappa shape index (κ1) is 16.0. The Morgan fingerprint density at radius 2 is 1.88 bits per heavy atom. The number of anilines is 1. The van der Waals surface area contributed by atoms with Gasteiger partial charge in [0.05, 0.1) is 5.56 Å². The minimum Gasteiger partial charge on any atom is -0.488 e. The molecule has 6 heteroatoms. The number of hydrogen-bond donors (Lipinski definition) is 1. The van der Waals surface area contributed by atoms with Crippen molar-refractivity contribution in [2.45, 2.75) is 6.61 Å². The highest BCUT2D eigenvalue weighted by Gasteiger charge is 2.13. The van der Waals surface area contributed by atoms with E-state index in [1.165, 1.54) is 0 Å². The minimum absolute atomic E-state index is 0.279. The quantitative estimate of drug-likeness (QED) is 0.714. The van der Waals surface area contributed by atoms with Crippen molar-refractivity contribution in [3.05, 3.63) is 83.3 Å². The molecule has 3 aromatic rings. The van der Waals surface area contributed by atoms with Crippen LogP contribution in [0.4, 0.5) is 5.82 Å². The van der Waals surface area contributed by atoms with Gasteiger partial charge in [-0.2, -0.15) is 0 Å². The van der Waals surface area contributed by atoms with Gasteiger partial charge in [0.15, 0.2) is 0 Å². The van der Waals surface area contributed by atoms with Crippen LogP contribution in [0.1, 0.15) is 15.9 Å². The molecule has 0 radical (unpaired) electrons. The molecule has 0 unspecified atom stereocenters. The molecule has 24 heavy (non-hydrogen) atoms. The Morgan fingerprint density at radius 1 is 1.04 bits per heavy atom. The molecule has 2 heterocycles. The van der Waals surface area contributed by atoms with Crippen molar-refractivity contribution >= 4 is 23.3 Å². The van der Waals surface area contributed by atoms with Gasteiger partial charge in [-0.3, -0.25) is 4.79 Å². The fourth-order valence-corrected chi connectivity index (χ4v) is 2.17. The van der Waals surface area contributed by atoms with Crippen molar-refractivity contribution in [3.63, 3.8) is 0 Å². The standard InChI is InChI=1S/C18H14ClN3O2/c19-16-9-8-13(11-21-16)12-24-15-6-2-1-5-14(15)18(23)22-17-7-3-4-10-20-17/h1-11H,12H2,(H,20,22,23). The number of hydrogen-bond acceptors (Lipinski definition) is 4.